The summed E-state index contributed by atoms with van der Waals surface area (Å²) in [5.41, 5.74) is 7.60. The molecule has 0 spiro atoms. The van der Waals surface area contributed by atoms with Crippen LogP contribution in [-0.2, 0) is 0 Å². The van der Waals surface area contributed by atoms with Gasteiger partial charge in [0.1, 0.15) is 0 Å². The molecule has 0 aliphatic rings. The monoisotopic (exact) mass is 380 g/mol. The van der Waals surface area contributed by atoms with Gasteiger partial charge < -0.3 is 0 Å². The van der Waals surface area contributed by atoms with E-state index in [0.29, 0.717) is 0 Å². The Hall–Kier alpha value is -0.191. The predicted molar refractivity (Wildman–Crippen MR) is 90.6 cm³/mol. The first-order chi connectivity index (χ1) is 9.17. The fourth-order valence-electron chi connectivity index (χ4n) is 2.42. The molecule has 0 saturated carbocycles. The van der Waals surface area contributed by atoms with Crippen molar-refractivity contribution >= 4 is 41.7 Å². The van der Waals surface area contributed by atoms with Crippen LogP contribution < -0.4 is 9.31 Å². The van der Waals surface area contributed by atoms with Crippen molar-refractivity contribution in [3.8, 4) is 0 Å². The van der Waals surface area contributed by atoms with Gasteiger partial charge in [0, 0.05) is 0 Å². The molecule has 19 heavy (non-hydrogen) atoms. The maximum absolute atomic E-state index is 6.22. The molecule has 0 amide bonds. The summed E-state index contributed by atoms with van der Waals surface area (Å²) >= 11 is -1.56. The van der Waals surface area contributed by atoms with E-state index >= 15 is 0 Å². The molecule has 0 heterocycles. The third-order valence-corrected chi connectivity index (χ3v) is 17.6. The number of benzene rings is 2. The van der Waals surface area contributed by atoms with Crippen molar-refractivity contribution in [2.75, 3.05) is 5.75 Å². The van der Waals surface area contributed by atoms with Crippen LogP contribution in [0.5, 0.6) is 0 Å². The predicted octanol–water partition coefficient (Wildman–Crippen LogP) is 3.83. The quantitative estimate of drug-likeness (QED) is 0.800. The van der Waals surface area contributed by atoms with Crippen LogP contribution >= 0.6 is 8.95 Å². The first-order valence-electron chi connectivity index (χ1n) is 6.94. The second-order valence-corrected chi connectivity index (χ2v) is 17.4. The molecule has 3 heteroatoms. The van der Waals surface area contributed by atoms with Crippen LogP contribution in [0.2, 0.25) is 4.44 Å². The standard InChI is InChI=1S/C12H12N.C2H6S.C2H5.Sn/c1-9(13)11-7-6-10-4-2-3-5-12(10)8-11;1-2-3;1-2;/h2-6,8-9H,13H2,1H3;3H,2H2,1H3;1H2,2H3;/q;;;+1/p-1. The summed E-state index contributed by atoms with van der Waals surface area (Å²) in [6.07, 6.45) is 0. The molecule has 0 aliphatic heterocycles. The topological polar surface area (TPSA) is 26.0 Å². The van der Waals surface area contributed by atoms with Gasteiger partial charge in [0.25, 0.3) is 0 Å². The van der Waals surface area contributed by atoms with E-state index in [1.54, 1.807) is 3.58 Å². The first-order valence-corrected chi connectivity index (χ1v) is 14.9. The zero-order valence-corrected chi connectivity index (χ0v) is 15.6. The summed E-state index contributed by atoms with van der Waals surface area (Å²) in [5.74, 6) is 1.23. The van der Waals surface area contributed by atoms with Crippen molar-refractivity contribution in [2.24, 2.45) is 5.73 Å². The Balaban J connectivity index is 2.58. The van der Waals surface area contributed by atoms with Crippen LogP contribution in [0.15, 0.2) is 36.4 Å². The van der Waals surface area contributed by atoms with E-state index in [1.807, 2.05) is 0 Å². The van der Waals surface area contributed by atoms with Gasteiger partial charge in [-0.05, 0) is 0 Å². The van der Waals surface area contributed by atoms with Crippen LogP contribution in [0, 0.1) is 0 Å². The number of fused-ring (bicyclic) bond motifs is 1. The van der Waals surface area contributed by atoms with E-state index in [4.69, 9.17) is 5.73 Å². The molecule has 0 aliphatic carbocycles. The summed E-state index contributed by atoms with van der Waals surface area (Å²) in [4.78, 5) is 0. The Kier molecular flexibility index (Phi) is 5.60. The van der Waals surface area contributed by atoms with Gasteiger partial charge in [-0.15, -0.1) is 0 Å². The zero-order chi connectivity index (χ0) is 13.8. The molecule has 0 fully saturated rings. The Morgan fingerprint density at radius 2 is 1.79 bits per heavy atom. The minimum atomic E-state index is -1.56. The van der Waals surface area contributed by atoms with Gasteiger partial charge in [0.15, 0.2) is 0 Å². The molecular weight excluding hydrogens is 357 g/mol. The van der Waals surface area contributed by atoms with E-state index in [1.165, 1.54) is 26.5 Å². The molecule has 101 valence electrons. The van der Waals surface area contributed by atoms with E-state index in [-0.39, 0.29) is 6.04 Å². The van der Waals surface area contributed by atoms with Gasteiger partial charge in [-0.3, -0.25) is 0 Å². The number of hydrogen-bond donors (Lipinski definition) is 1. The molecule has 2 aromatic carbocycles. The molecule has 0 bridgehead atoms. The summed E-state index contributed by atoms with van der Waals surface area (Å²) in [5, 5.41) is 2.68. The minimum absolute atomic E-state index is 0.138. The van der Waals surface area contributed by atoms with Crippen molar-refractivity contribution in [1.82, 2.24) is 0 Å². The zero-order valence-electron chi connectivity index (χ0n) is 11.9. The fourth-order valence-corrected chi connectivity index (χ4v) is 14.1. The molecule has 0 aromatic heterocycles. The van der Waals surface area contributed by atoms with Crippen LogP contribution in [0.3, 0.4) is 0 Å². The molecule has 1 nitrogen and oxygen atoms in total. The Morgan fingerprint density at radius 1 is 1.16 bits per heavy atom. The Bertz CT molecular complexity index is 553. The van der Waals surface area contributed by atoms with Gasteiger partial charge in [0.05, 0.1) is 0 Å². The average Bonchev–Trinajstić information content (AvgIpc) is 2.43. The van der Waals surface area contributed by atoms with E-state index < -0.39 is 18.4 Å². The second kappa shape index (κ2) is 7.00. The molecule has 1 atom stereocenters. The van der Waals surface area contributed by atoms with Crippen molar-refractivity contribution in [1.29, 1.82) is 0 Å². The normalized spacial score (nSPS) is 13.1. The van der Waals surface area contributed by atoms with Crippen molar-refractivity contribution in [3.05, 3.63) is 42.0 Å². The summed E-state index contributed by atoms with van der Waals surface area (Å²) in [6.45, 7) is 6.73. The van der Waals surface area contributed by atoms with Crippen LogP contribution in [-0.4, -0.2) is 24.1 Å². The number of rotatable bonds is 5. The Labute approximate surface area is 126 Å². The third-order valence-electron chi connectivity index (χ3n) is 3.35. The summed E-state index contributed by atoms with van der Waals surface area (Å²) in [6, 6.07) is 13.5. The van der Waals surface area contributed by atoms with Gasteiger partial charge >= 0.3 is 126 Å². The van der Waals surface area contributed by atoms with Crippen LogP contribution in [0.25, 0.3) is 10.8 Å². The molecule has 0 saturated heterocycles. The second-order valence-electron chi connectivity index (χ2n) is 4.79. The van der Waals surface area contributed by atoms with Gasteiger partial charge in [0.2, 0.25) is 0 Å². The van der Waals surface area contributed by atoms with E-state index in [0.717, 1.165) is 0 Å². The van der Waals surface area contributed by atoms with Crippen molar-refractivity contribution < 1.29 is 0 Å². The summed E-state index contributed by atoms with van der Waals surface area (Å²) < 4.78 is 2.96. The number of hydrogen-bond acceptors (Lipinski definition) is 2. The molecule has 2 rings (SSSR count). The maximum atomic E-state index is 6.22. The molecule has 1 unspecified atom stereocenters. The van der Waals surface area contributed by atoms with Gasteiger partial charge in [-0.2, -0.15) is 0 Å². The SMILES string of the molecule is CC[S][Sn]([CH2]C)[c]1cc2ccccc2cc1C(C)N. The fraction of sp³-hybridized carbons (Fsp3) is 0.375. The molecule has 2 N–H and O–H groups in total. The first kappa shape index (κ1) is 15.2. The third kappa shape index (κ3) is 3.47. The van der Waals surface area contributed by atoms with Crippen molar-refractivity contribution in [2.45, 2.75) is 31.2 Å². The van der Waals surface area contributed by atoms with Crippen LogP contribution in [0.4, 0.5) is 0 Å². The summed E-state index contributed by atoms with van der Waals surface area (Å²) in [7, 11) is 2.21. The molecule has 1 radical (unpaired) electrons. The molecular formula is C16H22NSSn. The van der Waals surface area contributed by atoms with Gasteiger partial charge in [-0.25, -0.2) is 0 Å². The van der Waals surface area contributed by atoms with Gasteiger partial charge in [-0.1, -0.05) is 0 Å². The average molecular weight is 379 g/mol. The van der Waals surface area contributed by atoms with E-state index in [9.17, 15) is 0 Å². The Morgan fingerprint density at radius 3 is 2.32 bits per heavy atom. The number of nitrogens with two attached hydrogens (primary N) is 1. The van der Waals surface area contributed by atoms with E-state index in [2.05, 4.69) is 66.1 Å². The molecule has 2 aromatic rings. The van der Waals surface area contributed by atoms with Crippen LogP contribution in [0.1, 0.15) is 32.4 Å². The van der Waals surface area contributed by atoms with Crippen molar-refractivity contribution in [3.63, 3.8) is 0 Å².